The van der Waals surface area contributed by atoms with E-state index in [0.717, 1.165) is 35.1 Å². The summed E-state index contributed by atoms with van der Waals surface area (Å²) in [4.78, 5) is 9.11. The van der Waals surface area contributed by atoms with Gasteiger partial charge < -0.3 is 15.4 Å². The highest BCUT2D eigenvalue weighted by Gasteiger charge is 2.08. The average Bonchev–Trinajstić information content (AvgIpc) is 2.63. The molecule has 134 valence electrons. The van der Waals surface area contributed by atoms with Gasteiger partial charge in [0.15, 0.2) is 0 Å². The minimum atomic E-state index is 0.549. The highest BCUT2D eigenvalue weighted by atomic mass is 16.5. The Balaban J connectivity index is 1.88. The third-order valence-corrected chi connectivity index (χ3v) is 4.17. The number of ether oxygens (including phenoxy) is 1. The highest BCUT2D eigenvalue weighted by Crippen LogP contribution is 2.26. The van der Waals surface area contributed by atoms with E-state index in [-0.39, 0.29) is 0 Å². The second-order valence-corrected chi connectivity index (χ2v) is 6.16. The summed E-state index contributed by atoms with van der Waals surface area (Å²) < 4.78 is 5.26. The summed E-state index contributed by atoms with van der Waals surface area (Å²) in [6.07, 6.45) is 0.961. The smallest absolute Gasteiger partial charge is 0.229 e. The molecule has 2 aromatic carbocycles. The Morgan fingerprint density at radius 2 is 1.77 bits per heavy atom. The van der Waals surface area contributed by atoms with Crippen LogP contribution in [0.4, 0.5) is 23.1 Å². The molecule has 0 atom stereocenters. The number of hydrogen-bond donors (Lipinski definition) is 2. The van der Waals surface area contributed by atoms with Crippen molar-refractivity contribution in [3.05, 3.63) is 65.4 Å². The molecule has 0 saturated heterocycles. The van der Waals surface area contributed by atoms with E-state index in [9.17, 15) is 0 Å². The lowest BCUT2D eigenvalue weighted by Gasteiger charge is -2.15. The quantitative estimate of drug-likeness (QED) is 0.645. The maximum atomic E-state index is 5.26. The van der Waals surface area contributed by atoms with Crippen LogP contribution in [0, 0.1) is 13.8 Å². The van der Waals surface area contributed by atoms with E-state index in [4.69, 9.17) is 4.74 Å². The molecule has 5 heteroatoms. The van der Waals surface area contributed by atoms with Crippen molar-refractivity contribution in [1.82, 2.24) is 9.97 Å². The predicted octanol–water partition coefficient (Wildman–Crippen LogP) is 5.15. The number of methoxy groups -OCH3 is 1. The fourth-order valence-corrected chi connectivity index (χ4v) is 2.85. The van der Waals surface area contributed by atoms with Gasteiger partial charge in [-0.05, 0) is 43.5 Å². The van der Waals surface area contributed by atoms with Gasteiger partial charge in [-0.1, -0.05) is 31.2 Å². The van der Waals surface area contributed by atoms with Crippen molar-refractivity contribution in [2.45, 2.75) is 27.2 Å². The summed E-state index contributed by atoms with van der Waals surface area (Å²) in [5.41, 5.74) is 5.34. The van der Waals surface area contributed by atoms with E-state index in [0.29, 0.717) is 5.95 Å². The number of rotatable bonds is 6. The number of anilines is 4. The minimum absolute atomic E-state index is 0.549. The van der Waals surface area contributed by atoms with Crippen molar-refractivity contribution in [2.75, 3.05) is 17.7 Å². The standard InChI is InChI=1S/C21H24N4O/c1-5-16-9-6-8-14(2)20(16)24-19-12-15(3)22-21(25-19)23-17-10-7-11-18(13-17)26-4/h6-13H,5H2,1-4H3,(H2,22,23,24,25). The lowest BCUT2D eigenvalue weighted by molar-refractivity contribution is 0.415. The Morgan fingerprint density at radius 3 is 2.54 bits per heavy atom. The molecule has 0 saturated carbocycles. The first-order chi connectivity index (χ1) is 12.6. The van der Waals surface area contributed by atoms with Gasteiger partial charge in [0.1, 0.15) is 11.6 Å². The van der Waals surface area contributed by atoms with Crippen LogP contribution in [0.15, 0.2) is 48.5 Å². The first-order valence-corrected chi connectivity index (χ1v) is 8.71. The Labute approximate surface area is 154 Å². The minimum Gasteiger partial charge on any atom is -0.497 e. The number of hydrogen-bond acceptors (Lipinski definition) is 5. The normalized spacial score (nSPS) is 10.5. The van der Waals surface area contributed by atoms with Crippen LogP contribution in [0.25, 0.3) is 0 Å². The van der Waals surface area contributed by atoms with Gasteiger partial charge in [0.2, 0.25) is 5.95 Å². The third kappa shape index (κ3) is 4.11. The summed E-state index contributed by atoms with van der Waals surface area (Å²) in [6, 6.07) is 16.0. The van der Waals surface area contributed by atoms with Crippen LogP contribution in [-0.4, -0.2) is 17.1 Å². The SMILES string of the molecule is CCc1cccc(C)c1Nc1cc(C)nc(Nc2cccc(OC)c2)n1. The monoisotopic (exact) mass is 348 g/mol. The largest absolute Gasteiger partial charge is 0.497 e. The van der Waals surface area contributed by atoms with Crippen LogP contribution >= 0.6 is 0 Å². The molecule has 0 fully saturated rings. The van der Waals surface area contributed by atoms with Crippen LogP contribution in [0.3, 0.4) is 0 Å². The predicted molar refractivity (Wildman–Crippen MR) is 107 cm³/mol. The maximum absolute atomic E-state index is 5.26. The molecule has 3 aromatic rings. The van der Waals surface area contributed by atoms with E-state index >= 15 is 0 Å². The van der Waals surface area contributed by atoms with Crippen LogP contribution in [0.2, 0.25) is 0 Å². The van der Waals surface area contributed by atoms with Crippen molar-refractivity contribution in [1.29, 1.82) is 0 Å². The van der Waals surface area contributed by atoms with Gasteiger partial charge in [-0.25, -0.2) is 4.98 Å². The maximum Gasteiger partial charge on any atom is 0.229 e. The molecule has 0 amide bonds. The molecule has 0 bridgehead atoms. The van der Waals surface area contributed by atoms with Crippen molar-refractivity contribution in [2.24, 2.45) is 0 Å². The van der Waals surface area contributed by atoms with Crippen molar-refractivity contribution in [3.8, 4) is 5.75 Å². The zero-order valence-corrected chi connectivity index (χ0v) is 15.6. The Bertz CT molecular complexity index is 908. The fraction of sp³-hybridized carbons (Fsp3) is 0.238. The zero-order valence-electron chi connectivity index (χ0n) is 15.6. The molecular formula is C21H24N4O. The summed E-state index contributed by atoms with van der Waals surface area (Å²) in [5.74, 6) is 2.10. The fourth-order valence-electron chi connectivity index (χ4n) is 2.85. The number of aryl methyl sites for hydroxylation is 3. The van der Waals surface area contributed by atoms with Crippen molar-refractivity contribution < 1.29 is 4.74 Å². The number of aromatic nitrogens is 2. The molecule has 1 heterocycles. The molecule has 0 radical (unpaired) electrons. The Morgan fingerprint density at radius 1 is 0.962 bits per heavy atom. The van der Waals surface area contributed by atoms with E-state index in [1.54, 1.807) is 7.11 Å². The van der Waals surface area contributed by atoms with E-state index < -0.39 is 0 Å². The summed E-state index contributed by atoms with van der Waals surface area (Å²) in [5, 5.41) is 6.71. The Hall–Kier alpha value is -3.08. The lowest BCUT2D eigenvalue weighted by Crippen LogP contribution is -2.04. The number of nitrogens with one attached hydrogen (secondary N) is 2. The molecule has 0 aliphatic rings. The van der Waals surface area contributed by atoms with Crippen LogP contribution in [-0.2, 0) is 6.42 Å². The lowest BCUT2D eigenvalue weighted by atomic mass is 10.1. The van der Waals surface area contributed by atoms with Gasteiger partial charge in [0.05, 0.1) is 7.11 Å². The van der Waals surface area contributed by atoms with Gasteiger partial charge >= 0.3 is 0 Å². The Kier molecular flexibility index (Phi) is 5.37. The summed E-state index contributed by atoms with van der Waals surface area (Å²) in [6.45, 7) is 6.22. The molecule has 5 nitrogen and oxygen atoms in total. The van der Waals surface area contributed by atoms with Gasteiger partial charge in [-0.15, -0.1) is 0 Å². The number of benzene rings is 2. The summed E-state index contributed by atoms with van der Waals surface area (Å²) in [7, 11) is 1.65. The van der Waals surface area contributed by atoms with Crippen molar-refractivity contribution in [3.63, 3.8) is 0 Å². The number of nitrogens with zero attached hydrogens (tertiary/aromatic N) is 2. The van der Waals surface area contributed by atoms with Gasteiger partial charge in [-0.2, -0.15) is 4.98 Å². The number of para-hydroxylation sites is 1. The van der Waals surface area contributed by atoms with Gasteiger partial charge in [0, 0.05) is 29.2 Å². The molecule has 0 spiro atoms. The molecule has 0 unspecified atom stereocenters. The van der Waals surface area contributed by atoms with Crippen molar-refractivity contribution >= 4 is 23.1 Å². The first-order valence-electron chi connectivity index (χ1n) is 8.71. The third-order valence-electron chi connectivity index (χ3n) is 4.17. The topological polar surface area (TPSA) is 59.1 Å². The highest BCUT2D eigenvalue weighted by molar-refractivity contribution is 5.66. The van der Waals surface area contributed by atoms with E-state index in [1.807, 2.05) is 37.3 Å². The molecule has 26 heavy (non-hydrogen) atoms. The van der Waals surface area contributed by atoms with Gasteiger partial charge in [0.25, 0.3) is 0 Å². The second-order valence-electron chi connectivity index (χ2n) is 6.16. The second kappa shape index (κ2) is 7.87. The molecule has 0 aliphatic carbocycles. The molecule has 1 aromatic heterocycles. The molecular weight excluding hydrogens is 324 g/mol. The van der Waals surface area contributed by atoms with Crippen LogP contribution in [0.1, 0.15) is 23.7 Å². The van der Waals surface area contributed by atoms with Crippen LogP contribution in [0.5, 0.6) is 5.75 Å². The first kappa shape index (κ1) is 17.7. The average molecular weight is 348 g/mol. The van der Waals surface area contributed by atoms with E-state index in [1.165, 1.54) is 11.1 Å². The van der Waals surface area contributed by atoms with Crippen LogP contribution < -0.4 is 15.4 Å². The zero-order chi connectivity index (χ0) is 18.5. The summed E-state index contributed by atoms with van der Waals surface area (Å²) >= 11 is 0. The molecule has 2 N–H and O–H groups in total. The van der Waals surface area contributed by atoms with Gasteiger partial charge in [-0.3, -0.25) is 0 Å². The molecule has 3 rings (SSSR count). The van der Waals surface area contributed by atoms with E-state index in [2.05, 4.69) is 52.6 Å². The molecule has 0 aliphatic heterocycles.